The maximum atomic E-state index is 11.5. The van der Waals surface area contributed by atoms with Gasteiger partial charge < -0.3 is 14.5 Å². The Labute approximate surface area is 161 Å². The van der Waals surface area contributed by atoms with Crippen LogP contribution in [0.2, 0.25) is 0 Å². The molecule has 3 aromatic rings. The summed E-state index contributed by atoms with van der Waals surface area (Å²) in [6.07, 6.45) is 1.26. The van der Waals surface area contributed by atoms with Gasteiger partial charge in [0.15, 0.2) is 5.75 Å². The molecule has 1 aromatic heterocycles. The number of benzene rings is 2. The average Bonchev–Trinajstić information content (AvgIpc) is 3.10. The predicted molar refractivity (Wildman–Crippen MR) is 105 cm³/mol. The van der Waals surface area contributed by atoms with Gasteiger partial charge in [-0.3, -0.25) is 10.1 Å². The topological polar surface area (TPSA) is 114 Å². The number of nitro groups is 1. The van der Waals surface area contributed by atoms with E-state index in [4.69, 9.17) is 9.47 Å². The van der Waals surface area contributed by atoms with Gasteiger partial charge in [0.2, 0.25) is 5.75 Å². The smallest absolute Gasteiger partial charge is 0.315 e. The van der Waals surface area contributed by atoms with Gasteiger partial charge in [-0.1, -0.05) is 12.1 Å². The van der Waals surface area contributed by atoms with Crippen molar-refractivity contribution in [2.24, 2.45) is 0 Å². The normalized spacial score (nSPS) is 11.5. The first kappa shape index (κ1) is 18.9. The third-order valence-electron chi connectivity index (χ3n) is 3.90. The van der Waals surface area contributed by atoms with Crippen LogP contribution in [0.3, 0.4) is 0 Å². The second-order valence-electron chi connectivity index (χ2n) is 6.27. The summed E-state index contributed by atoms with van der Waals surface area (Å²) in [5.74, 6) is 0.658. The maximum Gasteiger partial charge on any atom is 0.315 e. The maximum absolute atomic E-state index is 11.5. The van der Waals surface area contributed by atoms with Crippen LogP contribution in [0.15, 0.2) is 36.4 Å². The molecule has 1 heterocycles. The average molecular weight is 378 g/mol. The molecule has 0 aliphatic rings. The predicted octanol–water partition coefficient (Wildman–Crippen LogP) is 4.33. The van der Waals surface area contributed by atoms with E-state index in [9.17, 15) is 15.4 Å². The molecular formula is C20H18N4O4. The minimum absolute atomic E-state index is 0.0573. The Morgan fingerprint density at radius 1 is 1.36 bits per heavy atom. The van der Waals surface area contributed by atoms with Crippen molar-refractivity contribution >= 4 is 28.4 Å². The molecule has 0 bridgehead atoms. The highest BCUT2D eigenvalue weighted by Crippen LogP contribution is 2.39. The molecule has 28 heavy (non-hydrogen) atoms. The van der Waals surface area contributed by atoms with E-state index in [0.29, 0.717) is 11.4 Å². The molecule has 0 aliphatic heterocycles. The zero-order valence-electron chi connectivity index (χ0n) is 15.6. The first-order chi connectivity index (χ1) is 13.4. The summed E-state index contributed by atoms with van der Waals surface area (Å²) in [5, 5.41) is 21.1. The van der Waals surface area contributed by atoms with E-state index >= 15 is 0 Å². The summed E-state index contributed by atoms with van der Waals surface area (Å²) in [4.78, 5) is 18.5. The lowest BCUT2D eigenvalue weighted by Gasteiger charge is -2.14. The molecule has 8 heteroatoms. The number of nitriles is 1. The van der Waals surface area contributed by atoms with Crippen LogP contribution in [-0.2, 0) is 0 Å². The Morgan fingerprint density at radius 2 is 2.11 bits per heavy atom. The van der Waals surface area contributed by atoms with Gasteiger partial charge in [0, 0.05) is 6.07 Å². The number of nitrogens with one attached hydrogen (secondary N) is 1. The van der Waals surface area contributed by atoms with E-state index in [1.165, 1.54) is 19.3 Å². The summed E-state index contributed by atoms with van der Waals surface area (Å²) in [6, 6.07) is 12.4. The van der Waals surface area contributed by atoms with Gasteiger partial charge in [-0.15, -0.1) is 0 Å². The molecule has 0 saturated heterocycles. The van der Waals surface area contributed by atoms with Crippen LogP contribution >= 0.6 is 0 Å². The summed E-state index contributed by atoms with van der Waals surface area (Å²) in [5.41, 5.74) is 1.95. The van der Waals surface area contributed by atoms with Gasteiger partial charge in [-0.25, -0.2) is 4.98 Å². The van der Waals surface area contributed by atoms with Crippen LogP contribution in [0, 0.1) is 21.4 Å². The monoisotopic (exact) mass is 378 g/mol. The highest BCUT2D eigenvalue weighted by Gasteiger charge is 2.23. The van der Waals surface area contributed by atoms with Gasteiger partial charge in [-0.2, -0.15) is 5.26 Å². The number of fused-ring (bicyclic) bond motifs is 1. The molecule has 0 fully saturated rings. The fourth-order valence-electron chi connectivity index (χ4n) is 2.73. The van der Waals surface area contributed by atoms with E-state index in [2.05, 4.69) is 16.0 Å². The van der Waals surface area contributed by atoms with Gasteiger partial charge in [0.05, 0.1) is 34.7 Å². The second-order valence-corrected chi connectivity index (χ2v) is 6.27. The fraction of sp³-hybridized carbons (Fsp3) is 0.200. The van der Waals surface area contributed by atoms with Crippen molar-refractivity contribution in [3.63, 3.8) is 0 Å². The van der Waals surface area contributed by atoms with Crippen LogP contribution in [0.4, 0.5) is 5.69 Å². The van der Waals surface area contributed by atoms with Crippen molar-refractivity contribution in [1.29, 1.82) is 5.26 Å². The Hall–Kier alpha value is -3.86. The zero-order valence-corrected chi connectivity index (χ0v) is 15.6. The molecule has 0 radical (unpaired) electrons. The van der Waals surface area contributed by atoms with Crippen LogP contribution in [0.5, 0.6) is 11.5 Å². The number of aromatic amines is 1. The van der Waals surface area contributed by atoms with Crippen molar-refractivity contribution in [3.8, 4) is 17.6 Å². The van der Waals surface area contributed by atoms with Gasteiger partial charge >= 0.3 is 5.69 Å². The summed E-state index contributed by atoms with van der Waals surface area (Å²) < 4.78 is 10.9. The molecule has 0 amide bonds. The number of methoxy groups -OCH3 is 1. The molecule has 0 spiro atoms. The quantitative estimate of drug-likeness (QED) is 0.388. The minimum atomic E-state index is -0.537. The summed E-state index contributed by atoms with van der Waals surface area (Å²) >= 11 is 0. The number of aromatic nitrogens is 2. The number of allylic oxidation sites excluding steroid dienone is 1. The Balaban J connectivity index is 2.12. The summed E-state index contributed by atoms with van der Waals surface area (Å²) in [6.45, 7) is 3.54. The van der Waals surface area contributed by atoms with E-state index in [0.717, 1.165) is 11.0 Å². The molecule has 0 unspecified atom stereocenters. The Morgan fingerprint density at radius 3 is 2.71 bits per heavy atom. The van der Waals surface area contributed by atoms with Crippen LogP contribution in [0.25, 0.3) is 22.7 Å². The van der Waals surface area contributed by atoms with Crippen LogP contribution < -0.4 is 9.47 Å². The van der Waals surface area contributed by atoms with Gasteiger partial charge in [0.25, 0.3) is 0 Å². The standard InChI is InChI=1S/C20H18N4O4/c1-12(2)28-19-17(24(25)26)9-13(10-18(19)27-3)8-14(11-21)20-22-15-6-4-5-7-16(15)23-20/h4-10,12H,1-3H3,(H,22,23)/b14-8+. The number of H-pyrrole nitrogens is 1. The van der Waals surface area contributed by atoms with Crippen LogP contribution in [0.1, 0.15) is 25.2 Å². The SMILES string of the molecule is COc1cc(/C=C(\C#N)c2nc3ccccc3[nH]2)cc([N+](=O)[O-])c1OC(C)C. The van der Waals surface area contributed by atoms with Crippen molar-refractivity contribution in [2.45, 2.75) is 20.0 Å². The van der Waals surface area contributed by atoms with E-state index in [-0.39, 0.29) is 28.9 Å². The number of rotatable bonds is 6. The van der Waals surface area contributed by atoms with E-state index in [1.807, 2.05) is 24.3 Å². The number of hydrogen-bond donors (Lipinski definition) is 1. The number of para-hydroxylation sites is 2. The highest BCUT2D eigenvalue weighted by molar-refractivity contribution is 5.91. The molecule has 1 N–H and O–H groups in total. The lowest BCUT2D eigenvalue weighted by atomic mass is 10.1. The van der Waals surface area contributed by atoms with Gasteiger partial charge in [-0.05, 0) is 43.7 Å². The lowest BCUT2D eigenvalue weighted by molar-refractivity contribution is -0.386. The zero-order chi connectivity index (χ0) is 20.3. The number of nitro benzene ring substituents is 1. The largest absolute Gasteiger partial charge is 0.493 e. The summed E-state index contributed by atoms with van der Waals surface area (Å²) in [7, 11) is 1.41. The molecule has 0 saturated carbocycles. The molecule has 0 aliphatic carbocycles. The fourth-order valence-corrected chi connectivity index (χ4v) is 2.73. The van der Waals surface area contributed by atoms with Crippen LogP contribution in [-0.4, -0.2) is 28.1 Å². The van der Waals surface area contributed by atoms with Crippen molar-refractivity contribution in [1.82, 2.24) is 9.97 Å². The van der Waals surface area contributed by atoms with Crippen molar-refractivity contribution in [3.05, 3.63) is 57.9 Å². The van der Waals surface area contributed by atoms with Gasteiger partial charge in [0.1, 0.15) is 11.9 Å². The molecule has 142 valence electrons. The van der Waals surface area contributed by atoms with Crippen molar-refractivity contribution in [2.75, 3.05) is 7.11 Å². The number of hydrogen-bond acceptors (Lipinski definition) is 6. The Kier molecular flexibility index (Phi) is 5.27. The minimum Gasteiger partial charge on any atom is -0.493 e. The Bertz CT molecular complexity index is 1080. The third kappa shape index (κ3) is 3.78. The van der Waals surface area contributed by atoms with Crippen molar-refractivity contribution < 1.29 is 14.4 Å². The lowest BCUT2D eigenvalue weighted by Crippen LogP contribution is -2.09. The first-order valence-electron chi connectivity index (χ1n) is 8.53. The number of ether oxygens (including phenoxy) is 2. The number of nitrogens with zero attached hydrogens (tertiary/aromatic N) is 3. The van der Waals surface area contributed by atoms with E-state index in [1.54, 1.807) is 19.9 Å². The molecule has 8 nitrogen and oxygen atoms in total. The molecule has 3 rings (SSSR count). The molecule has 0 atom stereocenters. The third-order valence-corrected chi connectivity index (χ3v) is 3.90. The first-order valence-corrected chi connectivity index (χ1v) is 8.53. The van der Waals surface area contributed by atoms with E-state index < -0.39 is 4.92 Å². The molecule has 2 aromatic carbocycles. The number of imidazole rings is 1. The highest BCUT2D eigenvalue weighted by atomic mass is 16.6. The second kappa shape index (κ2) is 7.80. The molecular weight excluding hydrogens is 360 g/mol.